The Morgan fingerprint density at radius 2 is 2.14 bits per heavy atom. The lowest BCUT2D eigenvalue weighted by molar-refractivity contribution is -0.122. The predicted molar refractivity (Wildman–Crippen MR) is 92.5 cm³/mol. The summed E-state index contributed by atoms with van der Waals surface area (Å²) in [6.07, 6.45) is 3.47. The third-order valence-electron chi connectivity index (χ3n) is 2.94. The summed E-state index contributed by atoms with van der Waals surface area (Å²) in [4.78, 5) is 11.8. The molecule has 21 heavy (non-hydrogen) atoms. The molecule has 120 valence electrons. The number of amides is 1. The van der Waals surface area contributed by atoms with Crippen molar-refractivity contribution in [2.75, 3.05) is 25.2 Å². The molecule has 1 aromatic rings. The molecule has 6 heteroatoms. The first-order valence-electron chi connectivity index (χ1n) is 6.92. The molecule has 0 heterocycles. The number of halogens is 1. The standard InChI is InChI=1S/C15H24N2O2S.ClH/c1-3-19-14-7-5-4-6-12(14)8-10-17-15(18)13(16)9-11-20-2;/h4-7,13H,3,8-11,16H2,1-2H3,(H,17,18);1H/t13-;/m0./s1. The Kier molecular flexibility index (Phi) is 11.2. The van der Waals surface area contributed by atoms with E-state index in [0.29, 0.717) is 19.6 Å². The van der Waals surface area contributed by atoms with E-state index >= 15 is 0 Å². The molecule has 0 bridgehead atoms. The maximum absolute atomic E-state index is 11.8. The maximum Gasteiger partial charge on any atom is 0.236 e. The summed E-state index contributed by atoms with van der Waals surface area (Å²) < 4.78 is 5.55. The van der Waals surface area contributed by atoms with Gasteiger partial charge in [0.1, 0.15) is 5.75 Å². The number of hydrogen-bond donors (Lipinski definition) is 2. The van der Waals surface area contributed by atoms with Gasteiger partial charge in [0.15, 0.2) is 0 Å². The van der Waals surface area contributed by atoms with E-state index in [1.807, 2.05) is 37.4 Å². The second-order valence-electron chi connectivity index (χ2n) is 4.47. The van der Waals surface area contributed by atoms with Gasteiger partial charge in [0.25, 0.3) is 0 Å². The molecule has 0 saturated carbocycles. The first-order chi connectivity index (χ1) is 9.69. The van der Waals surface area contributed by atoms with Crippen LogP contribution in [0.5, 0.6) is 5.75 Å². The minimum atomic E-state index is -0.412. The Morgan fingerprint density at radius 3 is 2.81 bits per heavy atom. The number of nitrogens with one attached hydrogen (secondary N) is 1. The van der Waals surface area contributed by atoms with Gasteiger partial charge in [-0.15, -0.1) is 12.4 Å². The molecule has 0 unspecified atom stereocenters. The average Bonchev–Trinajstić information content (AvgIpc) is 2.46. The first kappa shape index (κ1) is 20.1. The number of ether oxygens (including phenoxy) is 1. The van der Waals surface area contributed by atoms with Crippen molar-refractivity contribution in [2.24, 2.45) is 5.73 Å². The van der Waals surface area contributed by atoms with Gasteiger partial charge < -0.3 is 15.8 Å². The highest BCUT2D eigenvalue weighted by atomic mass is 35.5. The van der Waals surface area contributed by atoms with Crippen LogP contribution in [0.25, 0.3) is 0 Å². The van der Waals surface area contributed by atoms with Gasteiger partial charge in [-0.2, -0.15) is 11.8 Å². The van der Waals surface area contributed by atoms with Gasteiger partial charge in [0, 0.05) is 6.54 Å². The molecule has 1 aromatic carbocycles. The van der Waals surface area contributed by atoms with Gasteiger partial charge in [-0.1, -0.05) is 18.2 Å². The maximum atomic E-state index is 11.8. The van der Waals surface area contributed by atoms with Crippen LogP contribution in [0.3, 0.4) is 0 Å². The SMILES string of the molecule is CCOc1ccccc1CCNC(=O)[C@@H](N)CCSC.Cl. The van der Waals surface area contributed by atoms with Gasteiger partial charge >= 0.3 is 0 Å². The molecule has 0 aromatic heterocycles. The average molecular weight is 333 g/mol. The van der Waals surface area contributed by atoms with E-state index in [1.54, 1.807) is 11.8 Å². The number of rotatable bonds is 9. The Balaban J connectivity index is 0.00000400. The number of benzene rings is 1. The fourth-order valence-electron chi connectivity index (χ4n) is 1.83. The van der Waals surface area contributed by atoms with Crippen molar-refractivity contribution in [3.05, 3.63) is 29.8 Å². The summed E-state index contributed by atoms with van der Waals surface area (Å²) in [5.74, 6) is 1.71. The predicted octanol–water partition coefficient (Wildman–Crippen LogP) is 2.25. The lowest BCUT2D eigenvalue weighted by Crippen LogP contribution is -2.41. The van der Waals surface area contributed by atoms with E-state index in [4.69, 9.17) is 10.5 Å². The zero-order valence-electron chi connectivity index (χ0n) is 12.6. The van der Waals surface area contributed by atoms with Gasteiger partial charge in [0.2, 0.25) is 5.91 Å². The highest BCUT2D eigenvalue weighted by Crippen LogP contribution is 2.17. The van der Waals surface area contributed by atoms with E-state index < -0.39 is 6.04 Å². The van der Waals surface area contributed by atoms with E-state index in [0.717, 1.165) is 23.5 Å². The number of para-hydroxylation sites is 1. The van der Waals surface area contributed by atoms with E-state index in [2.05, 4.69) is 5.32 Å². The Labute approximate surface area is 137 Å². The number of carbonyl (C=O) groups excluding carboxylic acids is 1. The zero-order valence-corrected chi connectivity index (χ0v) is 14.3. The number of nitrogens with two attached hydrogens (primary N) is 1. The van der Waals surface area contributed by atoms with Crippen LogP contribution in [0.15, 0.2) is 24.3 Å². The van der Waals surface area contributed by atoms with Gasteiger partial charge in [-0.3, -0.25) is 4.79 Å². The molecule has 0 radical (unpaired) electrons. The lowest BCUT2D eigenvalue weighted by Gasteiger charge is -2.13. The second kappa shape index (κ2) is 11.7. The van der Waals surface area contributed by atoms with Crippen molar-refractivity contribution in [3.8, 4) is 5.75 Å². The van der Waals surface area contributed by atoms with Gasteiger partial charge in [-0.25, -0.2) is 0 Å². The highest BCUT2D eigenvalue weighted by molar-refractivity contribution is 7.98. The molecular formula is C15H25ClN2O2S. The van der Waals surface area contributed by atoms with Crippen molar-refractivity contribution in [1.82, 2.24) is 5.32 Å². The quantitative estimate of drug-likeness (QED) is 0.728. The molecule has 0 aliphatic heterocycles. The number of carbonyl (C=O) groups is 1. The molecule has 1 atom stereocenters. The topological polar surface area (TPSA) is 64.3 Å². The molecule has 0 saturated heterocycles. The van der Waals surface area contributed by atoms with Crippen LogP contribution in [-0.2, 0) is 11.2 Å². The first-order valence-corrected chi connectivity index (χ1v) is 8.31. The molecule has 0 fully saturated rings. The minimum absolute atomic E-state index is 0. The van der Waals surface area contributed by atoms with Crippen LogP contribution in [0.4, 0.5) is 0 Å². The van der Waals surface area contributed by atoms with Crippen molar-refractivity contribution in [1.29, 1.82) is 0 Å². The van der Waals surface area contributed by atoms with Crippen molar-refractivity contribution >= 4 is 30.1 Å². The molecular weight excluding hydrogens is 308 g/mol. The Bertz CT molecular complexity index is 418. The largest absolute Gasteiger partial charge is 0.494 e. The van der Waals surface area contributed by atoms with Crippen LogP contribution in [0, 0.1) is 0 Å². The van der Waals surface area contributed by atoms with Crippen LogP contribution in [-0.4, -0.2) is 37.1 Å². The van der Waals surface area contributed by atoms with E-state index in [9.17, 15) is 4.79 Å². The molecule has 0 aliphatic rings. The highest BCUT2D eigenvalue weighted by Gasteiger charge is 2.12. The zero-order chi connectivity index (χ0) is 14.8. The summed E-state index contributed by atoms with van der Waals surface area (Å²) in [5, 5.41) is 2.88. The molecule has 0 spiro atoms. The molecule has 4 nitrogen and oxygen atoms in total. The van der Waals surface area contributed by atoms with Crippen molar-refractivity contribution < 1.29 is 9.53 Å². The lowest BCUT2D eigenvalue weighted by atomic mass is 10.1. The summed E-state index contributed by atoms with van der Waals surface area (Å²) in [7, 11) is 0. The summed E-state index contributed by atoms with van der Waals surface area (Å²) in [6.45, 7) is 3.18. The van der Waals surface area contributed by atoms with E-state index in [1.165, 1.54) is 0 Å². The normalized spacial score (nSPS) is 11.4. The smallest absolute Gasteiger partial charge is 0.236 e. The third kappa shape index (κ3) is 7.60. The summed E-state index contributed by atoms with van der Waals surface area (Å²) >= 11 is 1.70. The van der Waals surface area contributed by atoms with Crippen LogP contribution >= 0.6 is 24.2 Å². The van der Waals surface area contributed by atoms with Gasteiger partial charge in [0.05, 0.1) is 12.6 Å². The summed E-state index contributed by atoms with van der Waals surface area (Å²) in [5.41, 5.74) is 6.91. The van der Waals surface area contributed by atoms with Crippen molar-refractivity contribution in [2.45, 2.75) is 25.8 Å². The molecule has 0 aliphatic carbocycles. The fraction of sp³-hybridized carbons (Fsp3) is 0.533. The Morgan fingerprint density at radius 1 is 1.43 bits per heavy atom. The molecule has 3 N–H and O–H groups in total. The summed E-state index contributed by atoms with van der Waals surface area (Å²) in [6, 6.07) is 7.48. The van der Waals surface area contributed by atoms with Crippen LogP contribution < -0.4 is 15.8 Å². The number of hydrogen-bond acceptors (Lipinski definition) is 4. The third-order valence-corrected chi connectivity index (χ3v) is 3.58. The van der Waals surface area contributed by atoms with Gasteiger partial charge in [-0.05, 0) is 43.4 Å². The van der Waals surface area contributed by atoms with Crippen molar-refractivity contribution in [3.63, 3.8) is 0 Å². The van der Waals surface area contributed by atoms with Crippen LogP contribution in [0.2, 0.25) is 0 Å². The monoisotopic (exact) mass is 332 g/mol. The van der Waals surface area contributed by atoms with Crippen LogP contribution in [0.1, 0.15) is 18.9 Å². The van der Waals surface area contributed by atoms with E-state index in [-0.39, 0.29) is 18.3 Å². The minimum Gasteiger partial charge on any atom is -0.494 e. The second-order valence-corrected chi connectivity index (χ2v) is 5.46. The molecule has 1 amide bonds. The number of thioether (sulfide) groups is 1. The molecule has 1 rings (SSSR count). The Hall–Kier alpha value is -0.910. The fourth-order valence-corrected chi connectivity index (χ4v) is 2.32.